The minimum absolute atomic E-state index is 0.0158. The summed E-state index contributed by atoms with van der Waals surface area (Å²) in [5.41, 5.74) is 0. The number of amides is 1. The largest absolute Gasteiger partial charge is 0.756 e. The molecule has 324 valence electrons. The first-order valence-electron chi connectivity index (χ1n) is 23.4. The van der Waals surface area contributed by atoms with Crippen molar-refractivity contribution >= 4 is 13.7 Å². The molecule has 0 bridgehead atoms. The summed E-state index contributed by atoms with van der Waals surface area (Å²) in [6.45, 7) is 4.73. The number of nitrogens with one attached hydrogen (secondary N) is 1. The summed E-state index contributed by atoms with van der Waals surface area (Å²) in [4.78, 5) is 25.3. The summed E-state index contributed by atoms with van der Waals surface area (Å²) in [6.07, 6.45) is 41.2. The summed E-state index contributed by atoms with van der Waals surface area (Å²) >= 11 is 0. The number of unbranched alkanes of at least 4 members (excludes halogenated alkanes) is 30. The average molecular weight is 789 g/mol. The van der Waals surface area contributed by atoms with E-state index in [4.69, 9.17) is 9.05 Å². The number of carbonyl (C=O) groups is 1. The zero-order valence-electron chi connectivity index (χ0n) is 36.7. The molecule has 0 saturated carbocycles. The molecule has 54 heavy (non-hydrogen) atoms. The first kappa shape index (κ1) is 53.5. The number of rotatable bonds is 43. The van der Waals surface area contributed by atoms with Crippen molar-refractivity contribution < 1.29 is 32.9 Å². The van der Waals surface area contributed by atoms with Gasteiger partial charge < -0.3 is 28.8 Å². The average Bonchev–Trinajstić information content (AvgIpc) is 3.12. The van der Waals surface area contributed by atoms with Gasteiger partial charge in [0.15, 0.2) is 0 Å². The molecule has 3 unspecified atom stereocenters. The number of phosphoric ester groups is 1. The number of aliphatic hydroxyl groups is 1. The molecule has 3 atom stereocenters. The van der Waals surface area contributed by atoms with E-state index in [1.165, 1.54) is 167 Å². The summed E-state index contributed by atoms with van der Waals surface area (Å²) in [6, 6.07) is -0.792. The molecule has 1 amide bonds. The highest BCUT2D eigenvalue weighted by Crippen LogP contribution is 2.38. The molecule has 0 aromatic heterocycles. The minimum Gasteiger partial charge on any atom is -0.756 e. The standard InChI is InChI=1S/C45H93N2O6P/c1-6-8-10-12-14-16-18-19-20-21-22-23-24-25-26-27-28-29-31-33-35-37-39-45(49)46-43(42-53-54(50,51)52-41-40-47(3,4)5)44(48)38-36-34-32-30-17-15-13-11-9-7-2/h43-44,48H,6-42H2,1-5H3,(H-,46,49,50,51). The van der Waals surface area contributed by atoms with Gasteiger partial charge in [-0.2, -0.15) is 0 Å². The van der Waals surface area contributed by atoms with Crippen LogP contribution in [0.15, 0.2) is 0 Å². The maximum absolute atomic E-state index is 12.9. The van der Waals surface area contributed by atoms with Crippen LogP contribution in [0, 0.1) is 0 Å². The SMILES string of the molecule is CCCCCCCCCCCCCCCCCCCCCCCCC(=O)NC(COP(=O)([O-])OCC[N+](C)(C)C)C(O)CCCCCCCCCCCC. The molecule has 0 radical (unpaired) electrons. The van der Waals surface area contributed by atoms with Crippen LogP contribution in [0.1, 0.15) is 232 Å². The fourth-order valence-electron chi connectivity index (χ4n) is 7.10. The molecule has 0 fully saturated rings. The Bertz CT molecular complexity index is 855. The molecular weight excluding hydrogens is 695 g/mol. The lowest BCUT2D eigenvalue weighted by molar-refractivity contribution is -0.870. The van der Waals surface area contributed by atoms with Crippen molar-refractivity contribution in [2.24, 2.45) is 0 Å². The van der Waals surface area contributed by atoms with Gasteiger partial charge in [0.05, 0.1) is 39.9 Å². The van der Waals surface area contributed by atoms with E-state index >= 15 is 0 Å². The van der Waals surface area contributed by atoms with Crippen LogP contribution in [0.3, 0.4) is 0 Å². The van der Waals surface area contributed by atoms with Crippen LogP contribution in [-0.2, 0) is 18.4 Å². The minimum atomic E-state index is -4.55. The van der Waals surface area contributed by atoms with Gasteiger partial charge in [-0.1, -0.05) is 213 Å². The molecule has 0 heterocycles. The predicted octanol–water partition coefficient (Wildman–Crippen LogP) is 12.3. The Kier molecular flexibility index (Phi) is 37.7. The second-order valence-electron chi connectivity index (χ2n) is 17.5. The number of nitrogens with zero attached hydrogens (tertiary/aromatic N) is 1. The topological polar surface area (TPSA) is 108 Å². The van der Waals surface area contributed by atoms with Crippen LogP contribution in [-0.4, -0.2) is 68.5 Å². The third-order valence-electron chi connectivity index (χ3n) is 10.8. The van der Waals surface area contributed by atoms with Crippen LogP contribution in [0.5, 0.6) is 0 Å². The molecule has 0 aromatic carbocycles. The third-order valence-corrected chi connectivity index (χ3v) is 11.8. The molecular formula is C45H93N2O6P. The summed E-state index contributed by atoms with van der Waals surface area (Å²) in [5, 5.41) is 13.9. The van der Waals surface area contributed by atoms with E-state index in [2.05, 4.69) is 19.2 Å². The first-order valence-corrected chi connectivity index (χ1v) is 24.8. The molecule has 8 nitrogen and oxygen atoms in total. The smallest absolute Gasteiger partial charge is 0.268 e. The summed E-state index contributed by atoms with van der Waals surface area (Å²) < 4.78 is 23.2. The number of carbonyl (C=O) groups excluding carboxylic acids is 1. The predicted molar refractivity (Wildman–Crippen MR) is 229 cm³/mol. The van der Waals surface area contributed by atoms with E-state index in [1.807, 2.05) is 21.1 Å². The number of likely N-dealkylation sites (N-methyl/N-ethyl adjacent to an activating group) is 1. The van der Waals surface area contributed by atoms with Gasteiger partial charge in [0, 0.05) is 6.42 Å². The van der Waals surface area contributed by atoms with Crippen molar-refractivity contribution in [3.05, 3.63) is 0 Å². The van der Waals surface area contributed by atoms with Gasteiger partial charge in [0.25, 0.3) is 7.82 Å². The fourth-order valence-corrected chi connectivity index (χ4v) is 7.82. The lowest BCUT2D eigenvalue weighted by Crippen LogP contribution is -2.46. The first-order chi connectivity index (χ1) is 26.0. The van der Waals surface area contributed by atoms with Gasteiger partial charge in [-0.15, -0.1) is 0 Å². The number of quaternary nitrogens is 1. The third kappa shape index (κ3) is 39.7. The monoisotopic (exact) mass is 789 g/mol. The van der Waals surface area contributed by atoms with Crippen LogP contribution in [0.2, 0.25) is 0 Å². The van der Waals surface area contributed by atoms with Crippen molar-refractivity contribution in [1.29, 1.82) is 0 Å². The second-order valence-corrected chi connectivity index (χ2v) is 18.9. The quantitative estimate of drug-likeness (QED) is 0.0362. The van der Waals surface area contributed by atoms with E-state index in [-0.39, 0.29) is 19.1 Å². The Morgan fingerprint density at radius 1 is 0.574 bits per heavy atom. The highest BCUT2D eigenvalue weighted by atomic mass is 31.2. The van der Waals surface area contributed by atoms with E-state index in [1.54, 1.807) is 0 Å². The Morgan fingerprint density at radius 3 is 1.26 bits per heavy atom. The van der Waals surface area contributed by atoms with E-state index in [9.17, 15) is 19.4 Å². The maximum Gasteiger partial charge on any atom is 0.268 e. The molecule has 0 saturated heterocycles. The van der Waals surface area contributed by atoms with Gasteiger partial charge in [0.1, 0.15) is 13.2 Å². The van der Waals surface area contributed by atoms with E-state index in [0.29, 0.717) is 23.9 Å². The van der Waals surface area contributed by atoms with Gasteiger partial charge in [-0.05, 0) is 12.8 Å². The Balaban J connectivity index is 4.14. The lowest BCUT2D eigenvalue weighted by Gasteiger charge is -2.30. The highest BCUT2D eigenvalue weighted by Gasteiger charge is 2.24. The van der Waals surface area contributed by atoms with Crippen molar-refractivity contribution in [3.63, 3.8) is 0 Å². The molecule has 0 spiro atoms. The van der Waals surface area contributed by atoms with Crippen LogP contribution >= 0.6 is 7.82 Å². The number of hydrogen-bond donors (Lipinski definition) is 2. The van der Waals surface area contributed by atoms with Crippen LogP contribution in [0.4, 0.5) is 0 Å². The molecule has 0 rings (SSSR count). The van der Waals surface area contributed by atoms with Gasteiger partial charge >= 0.3 is 0 Å². The Labute approximate surface area is 336 Å². The number of hydrogen-bond acceptors (Lipinski definition) is 6. The molecule has 0 aliphatic rings. The zero-order valence-corrected chi connectivity index (χ0v) is 37.6. The molecule has 0 aliphatic heterocycles. The summed E-state index contributed by atoms with van der Waals surface area (Å²) in [7, 11) is 1.32. The fraction of sp³-hybridized carbons (Fsp3) is 0.978. The van der Waals surface area contributed by atoms with Crippen molar-refractivity contribution in [2.45, 2.75) is 244 Å². The number of phosphoric acid groups is 1. The maximum atomic E-state index is 12.9. The highest BCUT2D eigenvalue weighted by molar-refractivity contribution is 7.45. The Morgan fingerprint density at radius 2 is 0.907 bits per heavy atom. The Hall–Kier alpha value is -0.500. The number of aliphatic hydroxyl groups excluding tert-OH is 1. The van der Waals surface area contributed by atoms with Crippen LogP contribution in [0.25, 0.3) is 0 Å². The molecule has 9 heteroatoms. The van der Waals surface area contributed by atoms with E-state index < -0.39 is 20.0 Å². The molecule has 0 aromatic rings. The summed E-state index contributed by atoms with van der Waals surface area (Å²) in [5.74, 6) is -0.162. The second kappa shape index (κ2) is 38.0. The van der Waals surface area contributed by atoms with Crippen LogP contribution < -0.4 is 10.2 Å². The molecule has 0 aliphatic carbocycles. The molecule has 2 N–H and O–H groups in total. The van der Waals surface area contributed by atoms with Gasteiger partial charge in [-0.3, -0.25) is 9.36 Å². The van der Waals surface area contributed by atoms with Crippen molar-refractivity contribution in [3.8, 4) is 0 Å². The lowest BCUT2D eigenvalue weighted by atomic mass is 10.0. The normalized spacial score (nSPS) is 14.3. The zero-order chi connectivity index (χ0) is 40.0. The van der Waals surface area contributed by atoms with Gasteiger partial charge in [0.2, 0.25) is 5.91 Å². The van der Waals surface area contributed by atoms with E-state index in [0.717, 1.165) is 38.5 Å². The van der Waals surface area contributed by atoms with Gasteiger partial charge in [-0.25, -0.2) is 0 Å². The van der Waals surface area contributed by atoms with Crippen molar-refractivity contribution in [2.75, 3.05) is 40.9 Å². The van der Waals surface area contributed by atoms with Crippen molar-refractivity contribution in [1.82, 2.24) is 5.32 Å².